The maximum atomic E-state index is 11.3. The van der Waals surface area contributed by atoms with Gasteiger partial charge in [0.15, 0.2) is 0 Å². The van der Waals surface area contributed by atoms with Crippen LogP contribution in [-0.2, 0) is 13.2 Å². The average molecular weight is 412 g/mol. The van der Waals surface area contributed by atoms with Crippen LogP contribution in [0.25, 0.3) is 0 Å². The monoisotopic (exact) mass is 411 g/mol. The smallest absolute Gasteiger partial charge is 0.335 e. The van der Waals surface area contributed by atoms with Crippen molar-refractivity contribution in [1.82, 2.24) is 0 Å². The van der Waals surface area contributed by atoms with E-state index in [2.05, 4.69) is 5.32 Å². The molecule has 0 aromatic heterocycles. The molecule has 150 valence electrons. The molecule has 0 saturated heterocycles. The van der Waals surface area contributed by atoms with Crippen LogP contribution in [-0.4, -0.2) is 18.2 Å². The highest BCUT2D eigenvalue weighted by molar-refractivity contribution is 6.30. The van der Waals surface area contributed by atoms with Gasteiger partial charge in [0, 0.05) is 17.1 Å². The van der Waals surface area contributed by atoms with Crippen LogP contribution in [0, 0.1) is 6.92 Å². The van der Waals surface area contributed by atoms with Crippen LogP contribution >= 0.6 is 11.6 Å². The van der Waals surface area contributed by atoms with Gasteiger partial charge >= 0.3 is 5.97 Å². The van der Waals surface area contributed by atoms with E-state index in [-0.39, 0.29) is 5.56 Å². The second kappa shape index (κ2) is 9.34. The topological polar surface area (TPSA) is 67.8 Å². The second-order valence-electron chi connectivity index (χ2n) is 6.60. The third kappa shape index (κ3) is 5.42. The molecule has 0 aliphatic carbocycles. The van der Waals surface area contributed by atoms with Gasteiger partial charge in [-0.3, -0.25) is 0 Å². The number of nitrogens with one attached hydrogen (secondary N) is 1. The molecule has 0 heterocycles. The maximum Gasteiger partial charge on any atom is 0.335 e. The molecule has 3 aromatic rings. The van der Waals surface area contributed by atoms with E-state index in [0.29, 0.717) is 35.4 Å². The van der Waals surface area contributed by atoms with Crippen molar-refractivity contribution in [2.45, 2.75) is 20.1 Å². The molecule has 0 spiro atoms. The highest BCUT2D eigenvalue weighted by Gasteiger charge is 2.11. The normalized spacial score (nSPS) is 10.4. The molecule has 0 bridgehead atoms. The highest BCUT2D eigenvalue weighted by atomic mass is 35.5. The van der Waals surface area contributed by atoms with E-state index in [9.17, 15) is 9.90 Å². The van der Waals surface area contributed by atoms with Crippen molar-refractivity contribution < 1.29 is 19.4 Å². The van der Waals surface area contributed by atoms with Crippen molar-refractivity contribution in [3.05, 3.63) is 87.9 Å². The van der Waals surface area contributed by atoms with Crippen LogP contribution in [0.4, 0.5) is 5.69 Å². The summed E-state index contributed by atoms with van der Waals surface area (Å²) in [5.74, 6) is 0.260. The first-order valence-electron chi connectivity index (χ1n) is 9.08. The summed E-state index contributed by atoms with van der Waals surface area (Å²) >= 11 is 6.17. The van der Waals surface area contributed by atoms with E-state index in [1.165, 1.54) is 18.7 Å². The summed E-state index contributed by atoms with van der Waals surface area (Å²) in [7, 11) is 1.54. The molecule has 0 aliphatic rings. The number of anilines is 1. The average Bonchev–Trinajstić information content (AvgIpc) is 2.72. The number of hydrogen-bond acceptors (Lipinski definition) is 4. The summed E-state index contributed by atoms with van der Waals surface area (Å²) in [5, 5.41) is 13.0. The Hall–Kier alpha value is -3.18. The summed E-state index contributed by atoms with van der Waals surface area (Å²) in [4.78, 5) is 11.3. The van der Waals surface area contributed by atoms with E-state index in [1.807, 2.05) is 43.3 Å². The van der Waals surface area contributed by atoms with Crippen molar-refractivity contribution in [1.29, 1.82) is 0 Å². The number of hydrogen-bond donors (Lipinski definition) is 2. The SMILES string of the molecule is COc1ccc(C(=O)O)cc1NCc1cc(Cl)ccc1OCc1ccc(C)cc1. The van der Waals surface area contributed by atoms with Crippen LogP contribution in [0.2, 0.25) is 5.02 Å². The number of rotatable bonds is 8. The standard InChI is InChI=1S/C23H22ClNO4/c1-15-3-5-16(6-4-15)14-29-21-10-8-19(24)11-18(21)13-25-20-12-17(23(26)27)7-9-22(20)28-2/h3-12,25H,13-14H2,1-2H3,(H,26,27). The summed E-state index contributed by atoms with van der Waals surface area (Å²) in [6, 6.07) is 18.3. The van der Waals surface area contributed by atoms with Gasteiger partial charge in [-0.05, 0) is 48.9 Å². The minimum atomic E-state index is -0.999. The van der Waals surface area contributed by atoms with E-state index in [1.54, 1.807) is 18.2 Å². The zero-order valence-electron chi connectivity index (χ0n) is 16.2. The van der Waals surface area contributed by atoms with Crippen molar-refractivity contribution >= 4 is 23.3 Å². The number of carboxylic acid groups (broad SMARTS) is 1. The fraction of sp³-hybridized carbons (Fsp3) is 0.174. The number of benzene rings is 3. The van der Waals surface area contributed by atoms with Gasteiger partial charge in [0.25, 0.3) is 0 Å². The molecule has 5 nitrogen and oxygen atoms in total. The number of aryl methyl sites for hydroxylation is 1. The van der Waals surface area contributed by atoms with Crippen LogP contribution in [0.5, 0.6) is 11.5 Å². The second-order valence-corrected chi connectivity index (χ2v) is 7.04. The van der Waals surface area contributed by atoms with Gasteiger partial charge in [0.2, 0.25) is 0 Å². The van der Waals surface area contributed by atoms with Gasteiger partial charge in [0.1, 0.15) is 18.1 Å². The Kier molecular flexibility index (Phi) is 6.62. The first-order chi connectivity index (χ1) is 14.0. The molecule has 29 heavy (non-hydrogen) atoms. The summed E-state index contributed by atoms with van der Waals surface area (Å²) < 4.78 is 11.3. The number of ether oxygens (including phenoxy) is 2. The fourth-order valence-corrected chi connectivity index (χ4v) is 3.04. The molecule has 0 atom stereocenters. The third-order valence-electron chi connectivity index (χ3n) is 4.45. The van der Waals surface area contributed by atoms with Crippen LogP contribution in [0.1, 0.15) is 27.0 Å². The first kappa shape index (κ1) is 20.6. The zero-order chi connectivity index (χ0) is 20.8. The van der Waals surface area contributed by atoms with Gasteiger partial charge in [-0.15, -0.1) is 0 Å². The Balaban J connectivity index is 1.77. The van der Waals surface area contributed by atoms with E-state index >= 15 is 0 Å². The molecule has 0 fully saturated rings. The van der Waals surface area contributed by atoms with Crippen molar-refractivity contribution in [3.8, 4) is 11.5 Å². The molecule has 3 rings (SSSR count). The molecular weight excluding hydrogens is 390 g/mol. The van der Waals surface area contributed by atoms with Crippen molar-refractivity contribution in [3.63, 3.8) is 0 Å². The Morgan fingerprint density at radius 3 is 2.45 bits per heavy atom. The molecule has 0 radical (unpaired) electrons. The lowest BCUT2D eigenvalue weighted by molar-refractivity contribution is 0.0697. The first-order valence-corrected chi connectivity index (χ1v) is 9.46. The molecule has 0 unspecified atom stereocenters. The molecule has 0 amide bonds. The Morgan fingerprint density at radius 2 is 1.76 bits per heavy atom. The zero-order valence-corrected chi connectivity index (χ0v) is 17.0. The molecule has 6 heteroatoms. The van der Waals surface area contributed by atoms with Gasteiger partial charge < -0.3 is 19.9 Å². The lowest BCUT2D eigenvalue weighted by Gasteiger charge is -2.15. The molecule has 0 aliphatic heterocycles. The lowest BCUT2D eigenvalue weighted by atomic mass is 10.1. The van der Waals surface area contributed by atoms with Gasteiger partial charge in [-0.25, -0.2) is 4.79 Å². The van der Waals surface area contributed by atoms with Gasteiger partial charge in [-0.2, -0.15) is 0 Å². The Bertz CT molecular complexity index is 1000. The van der Waals surface area contributed by atoms with Crippen molar-refractivity contribution in [2.24, 2.45) is 0 Å². The predicted octanol–water partition coefficient (Wildman–Crippen LogP) is 5.55. The third-order valence-corrected chi connectivity index (χ3v) is 4.69. The number of carboxylic acids is 1. The lowest BCUT2D eigenvalue weighted by Crippen LogP contribution is -2.06. The van der Waals surface area contributed by atoms with E-state index < -0.39 is 5.97 Å². The predicted molar refractivity (Wildman–Crippen MR) is 114 cm³/mol. The van der Waals surface area contributed by atoms with Crippen molar-refractivity contribution in [2.75, 3.05) is 12.4 Å². The quantitative estimate of drug-likeness (QED) is 0.509. The van der Waals surface area contributed by atoms with E-state index in [0.717, 1.165) is 11.1 Å². The van der Waals surface area contributed by atoms with Crippen LogP contribution in [0.15, 0.2) is 60.7 Å². The molecule has 3 aromatic carbocycles. The summed E-state index contributed by atoms with van der Waals surface area (Å²) in [6.07, 6.45) is 0. The fourth-order valence-electron chi connectivity index (χ4n) is 2.84. The number of aromatic carboxylic acids is 1. The Labute approximate surface area is 174 Å². The Morgan fingerprint density at radius 1 is 1.03 bits per heavy atom. The van der Waals surface area contributed by atoms with Gasteiger partial charge in [0.05, 0.1) is 18.4 Å². The highest BCUT2D eigenvalue weighted by Crippen LogP contribution is 2.29. The number of methoxy groups -OCH3 is 1. The maximum absolute atomic E-state index is 11.3. The van der Waals surface area contributed by atoms with Gasteiger partial charge in [-0.1, -0.05) is 41.4 Å². The molecule has 2 N–H and O–H groups in total. The summed E-state index contributed by atoms with van der Waals surface area (Å²) in [6.45, 7) is 2.87. The number of halogens is 1. The number of carbonyl (C=O) groups is 1. The van der Waals surface area contributed by atoms with E-state index in [4.69, 9.17) is 21.1 Å². The van der Waals surface area contributed by atoms with Crippen LogP contribution in [0.3, 0.4) is 0 Å². The minimum Gasteiger partial charge on any atom is -0.495 e. The summed E-state index contributed by atoms with van der Waals surface area (Å²) in [5.41, 5.74) is 3.88. The molecular formula is C23H22ClNO4. The minimum absolute atomic E-state index is 0.176. The molecule has 0 saturated carbocycles. The van der Waals surface area contributed by atoms with Crippen LogP contribution < -0.4 is 14.8 Å². The largest absolute Gasteiger partial charge is 0.495 e.